The number of para-hydroxylation sites is 2. The highest BCUT2D eigenvalue weighted by Crippen LogP contribution is 2.39. The second-order valence-corrected chi connectivity index (χ2v) is 15.3. The van der Waals surface area contributed by atoms with Crippen LogP contribution in [0.15, 0.2) is 236 Å². The lowest BCUT2D eigenvalue weighted by Crippen LogP contribution is -2.17. The molecule has 9 aromatic rings. The quantitative estimate of drug-likeness (QED) is 0.128. The van der Waals surface area contributed by atoms with Gasteiger partial charge < -0.3 is 9.80 Å². The predicted octanol–water partition coefficient (Wildman–Crippen LogP) is 16.2. The maximum absolute atomic E-state index is 2.40. The van der Waals surface area contributed by atoms with E-state index in [9.17, 15) is 0 Å². The van der Waals surface area contributed by atoms with Gasteiger partial charge in [0.05, 0.1) is 0 Å². The summed E-state index contributed by atoms with van der Waals surface area (Å²) in [5.41, 5.74) is 14.4. The number of nitrogens with zero attached hydrogens (tertiary/aromatic N) is 2. The lowest BCUT2D eigenvalue weighted by Gasteiger charge is -2.30. The van der Waals surface area contributed by atoms with E-state index in [2.05, 4.69) is 252 Å². The second-order valence-electron chi connectivity index (χ2n) is 15.3. The molecule has 0 saturated heterocycles. The molecule has 0 unspecified atom stereocenters. The molecule has 1 aliphatic rings. The van der Waals surface area contributed by atoms with Gasteiger partial charge in [0.2, 0.25) is 0 Å². The number of rotatable bonds is 10. The van der Waals surface area contributed by atoms with Crippen LogP contribution in [0.2, 0.25) is 0 Å². The zero-order valence-electron chi connectivity index (χ0n) is 33.4. The highest BCUT2D eigenvalue weighted by molar-refractivity contribution is 5.97. The molecule has 9 aromatic carbocycles. The van der Waals surface area contributed by atoms with Crippen molar-refractivity contribution in [3.63, 3.8) is 0 Å². The van der Waals surface area contributed by atoms with Gasteiger partial charge in [0, 0.05) is 34.1 Å². The van der Waals surface area contributed by atoms with Crippen LogP contribution < -0.4 is 9.80 Å². The molecule has 2 nitrogen and oxygen atoms in total. The molecular formula is C58H44N2. The maximum atomic E-state index is 2.40. The number of allylic oxidation sites excluding steroid dienone is 4. The van der Waals surface area contributed by atoms with Crippen LogP contribution in [0.3, 0.4) is 0 Å². The van der Waals surface area contributed by atoms with Crippen LogP contribution in [0.4, 0.5) is 28.4 Å². The van der Waals surface area contributed by atoms with Crippen molar-refractivity contribution < 1.29 is 0 Å². The summed E-state index contributed by atoms with van der Waals surface area (Å²) in [6, 6.07) is 78.4. The Balaban J connectivity index is 0.885. The highest BCUT2D eigenvalue weighted by Gasteiger charge is 2.19. The minimum atomic E-state index is 0.958. The zero-order valence-corrected chi connectivity index (χ0v) is 33.4. The Morgan fingerprint density at radius 1 is 0.317 bits per heavy atom. The number of fused-ring (bicyclic) bond motifs is 2. The summed E-state index contributed by atoms with van der Waals surface area (Å²) < 4.78 is 0. The van der Waals surface area contributed by atoms with Gasteiger partial charge in [-0.15, -0.1) is 0 Å². The third kappa shape index (κ3) is 7.55. The third-order valence-electron chi connectivity index (χ3n) is 11.6. The van der Waals surface area contributed by atoms with Crippen LogP contribution in [0.25, 0.3) is 50.4 Å². The summed E-state index contributed by atoms with van der Waals surface area (Å²) in [5.74, 6) is 0. The van der Waals surface area contributed by atoms with Gasteiger partial charge in [0.1, 0.15) is 0 Å². The van der Waals surface area contributed by atoms with Crippen molar-refractivity contribution in [2.75, 3.05) is 9.80 Å². The molecule has 1 aliphatic carbocycles. The van der Waals surface area contributed by atoms with Gasteiger partial charge in [-0.05, 0) is 135 Å². The molecule has 0 saturated carbocycles. The summed E-state index contributed by atoms with van der Waals surface area (Å²) in [7, 11) is 0. The smallest absolute Gasteiger partial charge is 0.0462 e. The van der Waals surface area contributed by atoms with Crippen molar-refractivity contribution in [3.05, 3.63) is 253 Å². The lowest BCUT2D eigenvalue weighted by atomic mass is 9.91. The molecule has 0 bridgehead atoms. The van der Waals surface area contributed by atoms with Crippen molar-refractivity contribution >= 4 is 67.7 Å². The Bertz CT molecular complexity index is 2980. The van der Waals surface area contributed by atoms with Gasteiger partial charge in [-0.25, -0.2) is 0 Å². The average molecular weight is 769 g/mol. The molecule has 0 N–H and O–H groups in total. The first-order valence-corrected chi connectivity index (χ1v) is 20.8. The molecule has 0 radical (unpaired) electrons. The maximum Gasteiger partial charge on any atom is 0.0462 e. The summed E-state index contributed by atoms with van der Waals surface area (Å²) in [6.45, 7) is 0. The second kappa shape index (κ2) is 16.7. The fourth-order valence-electron chi connectivity index (χ4n) is 8.55. The first kappa shape index (κ1) is 36.6. The Morgan fingerprint density at radius 3 is 1.30 bits per heavy atom. The zero-order chi connectivity index (χ0) is 40.1. The molecule has 0 spiro atoms. The first-order valence-electron chi connectivity index (χ1n) is 20.8. The molecule has 0 heterocycles. The predicted molar refractivity (Wildman–Crippen MR) is 257 cm³/mol. The minimum absolute atomic E-state index is 0.958. The van der Waals surface area contributed by atoms with Crippen molar-refractivity contribution in [2.45, 2.75) is 12.8 Å². The molecular weight excluding hydrogens is 725 g/mol. The van der Waals surface area contributed by atoms with E-state index in [1.807, 2.05) is 0 Å². The number of hydrogen-bond acceptors (Lipinski definition) is 2. The summed E-state index contributed by atoms with van der Waals surface area (Å²) in [6.07, 6.45) is 11.0. The molecule has 0 atom stereocenters. The van der Waals surface area contributed by atoms with E-state index < -0.39 is 0 Å². The average Bonchev–Trinajstić information content (AvgIpc) is 3.33. The SMILES string of the molecule is C1=C(c2cccc3ccccc23)CCC(N(c2ccccc2)c2ccc(/C=C/c3ccc(N(c4ccccc4)c4ccc(-c5cccc6ccccc56)cc4)cc3)cc2)=C1. The van der Waals surface area contributed by atoms with Crippen LogP contribution in [0, 0.1) is 0 Å². The van der Waals surface area contributed by atoms with Crippen molar-refractivity contribution in [1.29, 1.82) is 0 Å². The molecule has 0 fully saturated rings. The fourth-order valence-corrected chi connectivity index (χ4v) is 8.55. The molecule has 0 amide bonds. The van der Waals surface area contributed by atoms with E-state index in [0.717, 1.165) is 46.7 Å². The Labute approximate surface area is 353 Å². The molecule has 286 valence electrons. The van der Waals surface area contributed by atoms with E-state index in [1.165, 1.54) is 55.2 Å². The van der Waals surface area contributed by atoms with E-state index in [0.29, 0.717) is 0 Å². The molecule has 0 aromatic heterocycles. The molecule has 0 aliphatic heterocycles. The van der Waals surface area contributed by atoms with Gasteiger partial charge >= 0.3 is 0 Å². The molecule has 60 heavy (non-hydrogen) atoms. The van der Waals surface area contributed by atoms with Crippen molar-refractivity contribution in [1.82, 2.24) is 0 Å². The van der Waals surface area contributed by atoms with Gasteiger partial charge in [-0.1, -0.05) is 176 Å². The van der Waals surface area contributed by atoms with Crippen molar-refractivity contribution in [3.8, 4) is 11.1 Å². The Morgan fingerprint density at radius 2 is 0.750 bits per heavy atom. The largest absolute Gasteiger partial charge is 0.314 e. The monoisotopic (exact) mass is 768 g/mol. The summed E-state index contributed by atoms with van der Waals surface area (Å²) >= 11 is 0. The minimum Gasteiger partial charge on any atom is -0.314 e. The third-order valence-corrected chi connectivity index (χ3v) is 11.6. The van der Waals surface area contributed by atoms with Gasteiger partial charge in [0.15, 0.2) is 0 Å². The highest BCUT2D eigenvalue weighted by atomic mass is 15.2. The normalized spacial score (nSPS) is 12.7. The molecule has 10 rings (SSSR count). The number of anilines is 5. The van der Waals surface area contributed by atoms with E-state index in [1.54, 1.807) is 0 Å². The van der Waals surface area contributed by atoms with E-state index in [4.69, 9.17) is 0 Å². The van der Waals surface area contributed by atoms with Gasteiger partial charge in [-0.2, -0.15) is 0 Å². The lowest BCUT2D eigenvalue weighted by molar-refractivity contribution is 0.931. The fraction of sp³-hybridized carbons (Fsp3) is 0.0345. The van der Waals surface area contributed by atoms with Gasteiger partial charge in [0.25, 0.3) is 0 Å². The van der Waals surface area contributed by atoms with Crippen LogP contribution in [0.5, 0.6) is 0 Å². The van der Waals surface area contributed by atoms with Crippen LogP contribution >= 0.6 is 0 Å². The summed E-state index contributed by atoms with van der Waals surface area (Å²) in [5, 5.41) is 5.12. The standard InChI is InChI=1S/C58H44N2/c1-3-17-49(18-4-1)59(53-39-31-47(32-40-53)57-23-11-15-45-13-7-9-21-55(45)57)51-35-27-43(28-36-51)25-26-44-29-37-52(38-30-44)60(50-19-5-2-6-20-50)54-41-33-48(34-42-54)58-24-12-16-46-14-8-10-22-56(46)58/h1-33,35-41H,34,42H2/b26-25+. The molecule has 2 heteroatoms. The Hall–Kier alpha value is -7.68. The first-order chi connectivity index (χ1) is 29.7. The van der Waals surface area contributed by atoms with Crippen LogP contribution in [0.1, 0.15) is 29.5 Å². The number of hydrogen-bond donors (Lipinski definition) is 0. The topological polar surface area (TPSA) is 6.48 Å². The van der Waals surface area contributed by atoms with Crippen LogP contribution in [-0.2, 0) is 0 Å². The van der Waals surface area contributed by atoms with Crippen LogP contribution in [-0.4, -0.2) is 0 Å². The Kier molecular flexibility index (Phi) is 10.2. The number of benzene rings is 9. The van der Waals surface area contributed by atoms with Gasteiger partial charge in [-0.3, -0.25) is 0 Å². The van der Waals surface area contributed by atoms with E-state index >= 15 is 0 Å². The summed E-state index contributed by atoms with van der Waals surface area (Å²) in [4.78, 5) is 4.72. The van der Waals surface area contributed by atoms with Crippen molar-refractivity contribution in [2.24, 2.45) is 0 Å². The van der Waals surface area contributed by atoms with E-state index in [-0.39, 0.29) is 0 Å².